The summed E-state index contributed by atoms with van der Waals surface area (Å²) < 4.78 is 0. The van der Waals surface area contributed by atoms with E-state index in [2.05, 4.69) is 5.32 Å². The molecule has 1 heterocycles. The first kappa shape index (κ1) is 7.48. The average Bonchev–Trinajstić information content (AvgIpc) is 1.72. The van der Waals surface area contributed by atoms with E-state index in [-0.39, 0.29) is 17.1 Å². The third-order valence-corrected chi connectivity index (χ3v) is 1.21. The molecule has 1 rings (SSSR count). The molecule has 0 saturated carbocycles. The second-order valence-electron chi connectivity index (χ2n) is 1.81. The van der Waals surface area contributed by atoms with Crippen molar-refractivity contribution in [3.8, 4) is 0 Å². The molecule has 0 radical (unpaired) electrons. The first-order valence-electron chi connectivity index (χ1n) is 2.71. The minimum absolute atomic E-state index is 0. The summed E-state index contributed by atoms with van der Waals surface area (Å²) in [6.45, 7) is 2.50. The zero-order valence-electron chi connectivity index (χ0n) is 4.54. The monoisotopic (exact) mass is 167 g/mol. The standard InChI is InChI=1S/C5H11N.H2Se/c1-2-4-6-5-3-1;/h6H,1-5H2;1H2. The molecular formula is C5H13NSe. The van der Waals surface area contributed by atoms with Crippen molar-refractivity contribution in [3.63, 3.8) is 0 Å². The van der Waals surface area contributed by atoms with Gasteiger partial charge in [0.1, 0.15) is 0 Å². The number of nitrogens with one attached hydrogen (secondary N) is 1. The average molecular weight is 166 g/mol. The summed E-state index contributed by atoms with van der Waals surface area (Å²) in [4.78, 5) is 0. The van der Waals surface area contributed by atoms with Crippen molar-refractivity contribution in [2.75, 3.05) is 13.1 Å². The summed E-state index contributed by atoms with van der Waals surface area (Å²) in [6.07, 6.45) is 4.22. The van der Waals surface area contributed by atoms with Crippen LogP contribution in [-0.4, -0.2) is 30.2 Å². The molecule has 1 saturated heterocycles. The fourth-order valence-electron chi connectivity index (χ4n) is 0.802. The van der Waals surface area contributed by atoms with Crippen molar-refractivity contribution in [1.29, 1.82) is 0 Å². The number of rotatable bonds is 0. The molecule has 7 heavy (non-hydrogen) atoms. The molecule has 2 heteroatoms. The van der Waals surface area contributed by atoms with Crippen LogP contribution in [0.15, 0.2) is 0 Å². The molecule has 0 spiro atoms. The van der Waals surface area contributed by atoms with Crippen LogP contribution in [0.3, 0.4) is 0 Å². The van der Waals surface area contributed by atoms with Gasteiger partial charge in [0.25, 0.3) is 0 Å². The van der Waals surface area contributed by atoms with Crippen molar-refractivity contribution >= 4 is 17.1 Å². The normalized spacial score (nSPS) is 20.6. The molecule has 0 amide bonds. The van der Waals surface area contributed by atoms with Gasteiger partial charge in [-0.3, -0.25) is 0 Å². The van der Waals surface area contributed by atoms with E-state index in [0.717, 1.165) is 0 Å². The fourth-order valence-corrected chi connectivity index (χ4v) is 0.802. The molecule has 44 valence electrons. The Labute approximate surface area is 55.3 Å². The number of hydrogen-bond donors (Lipinski definition) is 1. The summed E-state index contributed by atoms with van der Waals surface area (Å²) in [5, 5.41) is 3.28. The SMILES string of the molecule is C1CCNCC1.[SeH2]. The molecule has 1 fully saturated rings. The Morgan fingerprint density at radius 3 is 1.57 bits per heavy atom. The third kappa shape index (κ3) is 3.10. The van der Waals surface area contributed by atoms with Crippen LogP contribution in [0.5, 0.6) is 0 Å². The Balaban J connectivity index is 0.000000360. The minimum atomic E-state index is 0. The van der Waals surface area contributed by atoms with Crippen LogP contribution in [0, 0.1) is 0 Å². The van der Waals surface area contributed by atoms with Crippen LogP contribution in [0.1, 0.15) is 19.3 Å². The van der Waals surface area contributed by atoms with Gasteiger partial charge in [-0.05, 0) is 25.9 Å². The molecule has 0 aromatic carbocycles. The van der Waals surface area contributed by atoms with E-state index in [1.54, 1.807) is 0 Å². The third-order valence-electron chi connectivity index (χ3n) is 1.21. The van der Waals surface area contributed by atoms with E-state index >= 15 is 0 Å². The Bertz CT molecular complexity index is 23.6. The van der Waals surface area contributed by atoms with Gasteiger partial charge in [-0.15, -0.1) is 0 Å². The Kier molecular flexibility index (Phi) is 4.95. The van der Waals surface area contributed by atoms with Crippen molar-refractivity contribution < 1.29 is 0 Å². The van der Waals surface area contributed by atoms with Crippen LogP contribution >= 0.6 is 0 Å². The van der Waals surface area contributed by atoms with Crippen LogP contribution in [0.2, 0.25) is 0 Å². The Morgan fingerprint density at radius 2 is 1.43 bits per heavy atom. The maximum atomic E-state index is 3.28. The van der Waals surface area contributed by atoms with E-state index in [1.165, 1.54) is 32.4 Å². The molecule has 0 aromatic heterocycles. The molecule has 0 aromatic rings. The topological polar surface area (TPSA) is 12.0 Å². The van der Waals surface area contributed by atoms with E-state index < -0.39 is 0 Å². The first-order chi connectivity index (χ1) is 3.00. The van der Waals surface area contributed by atoms with E-state index in [1.807, 2.05) is 0 Å². The number of piperidine rings is 1. The molecule has 1 nitrogen and oxygen atoms in total. The van der Waals surface area contributed by atoms with E-state index in [9.17, 15) is 0 Å². The van der Waals surface area contributed by atoms with Crippen LogP contribution in [0.4, 0.5) is 0 Å². The van der Waals surface area contributed by atoms with Crippen molar-refractivity contribution in [2.45, 2.75) is 19.3 Å². The Morgan fingerprint density at radius 1 is 0.857 bits per heavy atom. The summed E-state index contributed by atoms with van der Waals surface area (Å²) in [5.74, 6) is 0. The fraction of sp³-hybridized carbons (Fsp3) is 1.00. The summed E-state index contributed by atoms with van der Waals surface area (Å²) >= 11 is 0. The zero-order valence-corrected chi connectivity index (χ0v) is 6.63. The molecule has 0 bridgehead atoms. The Hall–Kier alpha value is 0.479. The van der Waals surface area contributed by atoms with Gasteiger partial charge in [-0.1, -0.05) is 6.42 Å². The zero-order chi connectivity index (χ0) is 4.24. The van der Waals surface area contributed by atoms with Gasteiger partial charge in [0, 0.05) is 0 Å². The second kappa shape index (κ2) is 4.63. The van der Waals surface area contributed by atoms with Crippen LogP contribution in [-0.2, 0) is 0 Å². The summed E-state index contributed by atoms with van der Waals surface area (Å²) in [7, 11) is 0. The van der Waals surface area contributed by atoms with Crippen LogP contribution in [0.25, 0.3) is 0 Å². The molecule has 1 aliphatic rings. The molecule has 0 unspecified atom stereocenters. The van der Waals surface area contributed by atoms with Gasteiger partial charge < -0.3 is 5.32 Å². The summed E-state index contributed by atoms with van der Waals surface area (Å²) in [5.41, 5.74) is 0. The van der Waals surface area contributed by atoms with Gasteiger partial charge in [-0.2, -0.15) is 0 Å². The first-order valence-corrected chi connectivity index (χ1v) is 2.71. The predicted molar refractivity (Wildman–Crippen MR) is 35.3 cm³/mol. The maximum absolute atomic E-state index is 3.28. The molecule has 0 atom stereocenters. The predicted octanol–water partition coefficient (Wildman–Crippen LogP) is -0.156. The van der Waals surface area contributed by atoms with Crippen molar-refractivity contribution in [2.24, 2.45) is 0 Å². The molecule has 1 N–H and O–H groups in total. The van der Waals surface area contributed by atoms with Gasteiger partial charge in [-0.25, -0.2) is 0 Å². The van der Waals surface area contributed by atoms with Crippen molar-refractivity contribution in [3.05, 3.63) is 0 Å². The van der Waals surface area contributed by atoms with E-state index in [0.29, 0.717) is 0 Å². The van der Waals surface area contributed by atoms with E-state index in [4.69, 9.17) is 0 Å². The van der Waals surface area contributed by atoms with Gasteiger partial charge in [0.2, 0.25) is 0 Å². The molecule has 1 aliphatic heterocycles. The second-order valence-corrected chi connectivity index (χ2v) is 1.81. The summed E-state index contributed by atoms with van der Waals surface area (Å²) in [6, 6.07) is 0. The van der Waals surface area contributed by atoms with Crippen LogP contribution < -0.4 is 5.32 Å². The van der Waals surface area contributed by atoms with Crippen molar-refractivity contribution in [1.82, 2.24) is 5.32 Å². The van der Waals surface area contributed by atoms with Gasteiger partial charge >= 0.3 is 17.1 Å². The van der Waals surface area contributed by atoms with Gasteiger partial charge in [0.15, 0.2) is 0 Å². The molecule has 0 aliphatic carbocycles. The number of hydrogen-bond acceptors (Lipinski definition) is 1. The molecular weight excluding hydrogens is 153 g/mol. The van der Waals surface area contributed by atoms with Gasteiger partial charge in [0.05, 0.1) is 0 Å². The quantitative estimate of drug-likeness (QED) is 0.493.